The van der Waals surface area contributed by atoms with Gasteiger partial charge in [0.05, 0.1) is 25.6 Å². The highest BCUT2D eigenvalue weighted by molar-refractivity contribution is 6.31. The average Bonchev–Trinajstić information content (AvgIpc) is 2.96. The van der Waals surface area contributed by atoms with Gasteiger partial charge in [0.1, 0.15) is 5.52 Å². The fourth-order valence-electron chi connectivity index (χ4n) is 2.64. The van der Waals surface area contributed by atoms with Crippen LogP contribution in [0.25, 0.3) is 16.8 Å². The molecule has 2 heterocycles. The third-order valence-corrected chi connectivity index (χ3v) is 4.28. The van der Waals surface area contributed by atoms with Gasteiger partial charge in [-0.25, -0.2) is 9.31 Å². The van der Waals surface area contributed by atoms with E-state index in [2.05, 4.69) is 10.1 Å². The van der Waals surface area contributed by atoms with E-state index >= 15 is 0 Å². The second kappa shape index (κ2) is 6.70. The number of carbonyl (C=O) groups excluding carboxylic acids is 1. The normalized spacial score (nSPS) is 11.0. The van der Waals surface area contributed by atoms with Gasteiger partial charge >= 0.3 is 5.97 Å². The van der Waals surface area contributed by atoms with Gasteiger partial charge in [-0.3, -0.25) is 4.79 Å². The monoisotopic (exact) mass is 361 g/mol. The summed E-state index contributed by atoms with van der Waals surface area (Å²) in [4.78, 5) is 27.4. The van der Waals surface area contributed by atoms with E-state index in [0.717, 1.165) is 11.1 Å². The molecular weight excluding hydrogens is 346 g/mol. The highest BCUT2D eigenvalue weighted by Crippen LogP contribution is 2.24. The molecule has 0 radical (unpaired) electrons. The maximum Gasteiger partial charge on any atom is 0.358 e. The van der Waals surface area contributed by atoms with Crippen molar-refractivity contribution in [3.05, 3.63) is 56.6 Å². The van der Waals surface area contributed by atoms with E-state index in [1.165, 1.54) is 18.7 Å². The third kappa shape index (κ3) is 3.04. The first kappa shape index (κ1) is 17.2. The minimum Gasteiger partial charge on any atom is -0.464 e. The first-order valence-electron chi connectivity index (χ1n) is 7.44. The lowest BCUT2D eigenvalue weighted by Crippen LogP contribution is -2.12. The number of rotatable bonds is 4. The van der Waals surface area contributed by atoms with Crippen LogP contribution in [-0.4, -0.2) is 34.8 Å². The van der Waals surface area contributed by atoms with Crippen molar-refractivity contribution < 1.29 is 14.3 Å². The summed E-state index contributed by atoms with van der Waals surface area (Å²) in [7, 11) is 2.73. The first-order valence-corrected chi connectivity index (χ1v) is 7.82. The SMILES string of the molecule is COCc1c(C(=O)OC)nn2cc(-c3ccc(Cl)c(C)c3)[nH]c(=O)c12. The number of esters is 1. The molecule has 0 aliphatic carbocycles. The number of H-pyrrole nitrogens is 1. The molecule has 1 aromatic carbocycles. The van der Waals surface area contributed by atoms with E-state index in [4.69, 9.17) is 21.1 Å². The second-order valence-electron chi connectivity index (χ2n) is 5.51. The fraction of sp³-hybridized carbons (Fsp3) is 0.235. The van der Waals surface area contributed by atoms with Crippen LogP contribution in [0.4, 0.5) is 0 Å². The molecule has 0 saturated carbocycles. The number of hydrogen-bond acceptors (Lipinski definition) is 5. The Labute approximate surface area is 148 Å². The Morgan fingerprint density at radius 1 is 1.36 bits per heavy atom. The fourth-order valence-corrected chi connectivity index (χ4v) is 2.76. The number of benzene rings is 1. The molecule has 3 aromatic rings. The van der Waals surface area contributed by atoms with Crippen LogP contribution < -0.4 is 5.56 Å². The Bertz CT molecular complexity index is 1020. The molecule has 3 rings (SSSR count). The zero-order chi connectivity index (χ0) is 18.1. The molecule has 0 amide bonds. The van der Waals surface area contributed by atoms with E-state index in [9.17, 15) is 9.59 Å². The zero-order valence-electron chi connectivity index (χ0n) is 13.9. The number of nitrogens with zero attached hydrogens (tertiary/aromatic N) is 2. The Hall–Kier alpha value is -2.64. The molecule has 2 aromatic heterocycles. The van der Waals surface area contributed by atoms with Crippen molar-refractivity contribution in [3.8, 4) is 11.3 Å². The highest BCUT2D eigenvalue weighted by atomic mass is 35.5. The van der Waals surface area contributed by atoms with Gasteiger partial charge in [-0.1, -0.05) is 17.7 Å². The molecule has 0 fully saturated rings. The van der Waals surface area contributed by atoms with E-state index in [0.29, 0.717) is 16.3 Å². The van der Waals surface area contributed by atoms with Crippen LogP contribution in [-0.2, 0) is 16.1 Å². The minimum absolute atomic E-state index is 0.0549. The minimum atomic E-state index is -0.626. The summed E-state index contributed by atoms with van der Waals surface area (Å²) in [6, 6.07) is 5.42. The molecule has 25 heavy (non-hydrogen) atoms. The molecule has 0 saturated heterocycles. The zero-order valence-corrected chi connectivity index (χ0v) is 14.7. The topological polar surface area (TPSA) is 85.7 Å². The van der Waals surface area contributed by atoms with Crippen molar-refractivity contribution in [2.24, 2.45) is 0 Å². The predicted octanol–water partition coefficient (Wildman–Crippen LogP) is 2.58. The third-order valence-electron chi connectivity index (χ3n) is 3.86. The van der Waals surface area contributed by atoms with Crippen LogP contribution in [0.15, 0.2) is 29.2 Å². The summed E-state index contributed by atoms with van der Waals surface area (Å²) in [5, 5.41) is 4.85. The molecule has 0 bridgehead atoms. The predicted molar refractivity (Wildman–Crippen MR) is 93.0 cm³/mol. The molecule has 130 valence electrons. The molecular formula is C17H16ClN3O4. The van der Waals surface area contributed by atoms with Crippen molar-refractivity contribution in [1.82, 2.24) is 14.6 Å². The summed E-state index contributed by atoms with van der Waals surface area (Å²) in [6.07, 6.45) is 1.64. The lowest BCUT2D eigenvalue weighted by molar-refractivity contribution is 0.0589. The lowest BCUT2D eigenvalue weighted by Gasteiger charge is -2.05. The van der Waals surface area contributed by atoms with Gasteiger partial charge in [-0.05, 0) is 30.2 Å². The van der Waals surface area contributed by atoms with E-state index in [1.807, 2.05) is 13.0 Å². The van der Waals surface area contributed by atoms with Crippen molar-refractivity contribution in [1.29, 1.82) is 0 Å². The number of fused-ring (bicyclic) bond motifs is 1. The number of nitrogens with one attached hydrogen (secondary N) is 1. The van der Waals surface area contributed by atoms with E-state index < -0.39 is 5.97 Å². The summed E-state index contributed by atoms with van der Waals surface area (Å²) in [5.74, 6) is -0.626. The average molecular weight is 362 g/mol. The van der Waals surface area contributed by atoms with E-state index in [-0.39, 0.29) is 23.4 Å². The summed E-state index contributed by atoms with van der Waals surface area (Å²) in [5.41, 5.74) is 2.53. The van der Waals surface area contributed by atoms with Gasteiger partial charge in [0.25, 0.3) is 5.56 Å². The number of aromatic amines is 1. The molecule has 1 N–H and O–H groups in total. The van der Waals surface area contributed by atoms with Gasteiger partial charge in [-0.2, -0.15) is 5.10 Å². The largest absolute Gasteiger partial charge is 0.464 e. The molecule has 0 unspecified atom stereocenters. The molecule has 8 heteroatoms. The number of hydrogen-bond donors (Lipinski definition) is 1. The lowest BCUT2D eigenvalue weighted by atomic mass is 10.1. The number of halogens is 1. The summed E-state index contributed by atoms with van der Waals surface area (Å²) < 4.78 is 11.2. The number of carbonyl (C=O) groups is 1. The number of ether oxygens (including phenoxy) is 2. The number of aromatic nitrogens is 3. The Morgan fingerprint density at radius 2 is 2.12 bits per heavy atom. The number of aryl methyl sites for hydroxylation is 1. The highest BCUT2D eigenvalue weighted by Gasteiger charge is 2.22. The van der Waals surface area contributed by atoms with Crippen LogP contribution in [0, 0.1) is 6.92 Å². The van der Waals surface area contributed by atoms with E-state index in [1.54, 1.807) is 18.3 Å². The Morgan fingerprint density at radius 3 is 2.76 bits per heavy atom. The summed E-state index contributed by atoms with van der Waals surface area (Å²) >= 11 is 6.05. The molecule has 7 nitrogen and oxygen atoms in total. The smallest absolute Gasteiger partial charge is 0.358 e. The summed E-state index contributed by atoms with van der Waals surface area (Å²) in [6.45, 7) is 1.94. The van der Waals surface area contributed by atoms with Gasteiger partial charge in [0.2, 0.25) is 0 Å². The first-order chi connectivity index (χ1) is 12.0. The van der Waals surface area contributed by atoms with Gasteiger partial charge in [-0.15, -0.1) is 0 Å². The molecule has 0 atom stereocenters. The number of methoxy groups -OCH3 is 2. The second-order valence-corrected chi connectivity index (χ2v) is 5.91. The van der Waals surface area contributed by atoms with Crippen LogP contribution in [0.5, 0.6) is 0 Å². The molecule has 0 aliphatic heterocycles. The molecule has 0 aliphatic rings. The Balaban J connectivity index is 2.24. The Kier molecular flexibility index (Phi) is 4.61. The van der Waals surface area contributed by atoms with Crippen LogP contribution in [0.2, 0.25) is 5.02 Å². The van der Waals surface area contributed by atoms with Gasteiger partial charge in [0, 0.05) is 17.7 Å². The van der Waals surface area contributed by atoms with Crippen molar-refractivity contribution in [2.75, 3.05) is 14.2 Å². The maximum absolute atomic E-state index is 12.6. The van der Waals surface area contributed by atoms with Crippen molar-refractivity contribution in [2.45, 2.75) is 13.5 Å². The van der Waals surface area contributed by atoms with Crippen LogP contribution in [0.3, 0.4) is 0 Å². The van der Waals surface area contributed by atoms with Gasteiger partial charge < -0.3 is 14.5 Å². The van der Waals surface area contributed by atoms with Crippen molar-refractivity contribution >= 4 is 23.1 Å². The van der Waals surface area contributed by atoms with Crippen molar-refractivity contribution in [3.63, 3.8) is 0 Å². The van der Waals surface area contributed by atoms with Crippen LogP contribution >= 0.6 is 11.6 Å². The molecule has 0 spiro atoms. The maximum atomic E-state index is 12.6. The quantitative estimate of drug-likeness (QED) is 0.722. The van der Waals surface area contributed by atoms with Crippen LogP contribution in [0.1, 0.15) is 21.6 Å². The standard InChI is InChI=1S/C17H16ClN3O4/c1-9-6-10(4-5-12(9)18)13-7-21-15(16(22)19-13)11(8-24-2)14(20-21)17(23)25-3/h4-7H,8H2,1-3H3,(H,19,22). The van der Waals surface area contributed by atoms with Gasteiger partial charge in [0.15, 0.2) is 5.69 Å².